The number of ketones is 1. The lowest BCUT2D eigenvalue weighted by molar-refractivity contribution is -0.237. The van der Waals surface area contributed by atoms with Crippen LogP contribution in [0.25, 0.3) is 0 Å². The number of ether oxygens (including phenoxy) is 6. The molecule has 348 valence electrons. The van der Waals surface area contributed by atoms with Crippen LogP contribution in [0.4, 0.5) is 0 Å². The van der Waals surface area contributed by atoms with E-state index >= 15 is 0 Å². The van der Waals surface area contributed by atoms with Crippen LogP contribution in [0.1, 0.15) is 139 Å². The van der Waals surface area contributed by atoms with Gasteiger partial charge in [-0.25, -0.2) is 0 Å². The van der Waals surface area contributed by atoms with Gasteiger partial charge in [0.05, 0.1) is 73.2 Å². The average molecular weight is 983 g/mol. The second-order valence-corrected chi connectivity index (χ2v) is 26.7. The van der Waals surface area contributed by atoms with Crippen LogP contribution in [0.3, 0.4) is 0 Å². The van der Waals surface area contributed by atoms with Crippen LogP contribution < -0.4 is 0 Å². The molecule has 0 N–H and O–H groups in total. The molecule has 5 saturated heterocycles. The molecule has 0 spiro atoms. The predicted octanol–water partition coefficient (Wildman–Crippen LogP) is 11.3. The van der Waals surface area contributed by atoms with Gasteiger partial charge in [-0.15, -0.1) is 0 Å². The predicted molar refractivity (Wildman–Crippen MR) is 255 cm³/mol. The minimum atomic E-state index is -2.04. The van der Waals surface area contributed by atoms with Crippen LogP contribution in [0.15, 0.2) is 34.5 Å². The number of halogens is 1. The van der Waals surface area contributed by atoms with Gasteiger partial charge in [0.25, 0.3) is 0 Å². The fourth-order valence-electron chi connectivity index (χ4n) is 10.5. The number of methoxy groups -OCH3 is 1. The smallest absolute Gasteiger partial charge is 0.193 e. The summed E-state index contributed by atoms with van der Waals surface area (Å²) in [5, 5.41) is 0.0961. The molecule has 0 aromatic rings. The summed E-state index contributed by atoms with van der Waals surface area (Å²) in [5.41, 5.74) is 2.22. The van der Waals surface area contributed by atoms with Crippen molar-refractivity contribution in [1.82, 2.24) is 0 Å². The normalized spacial score (nSPS) is 38.5. The summed E-state index contributed by atoms with van der Waals surface area (Å²) in [7, 11) is -0.269. The Labute approximate surface area is 384 Å². The van der Waals surface area contributed by atoms with Crippen LogP contribution in [0.5, 0.6) is 0 Å². The first-order valence-electron chi connectivity index (χ1n) is 23.9. The molecule has 61 heavy (non-hydrogen) atoms. The Morgan fingerprint density at radius 2 is 1.66 bits per heavy atom. The summed E-state index contributed by atoms with van der Waals surface area (Å²) in [6.07, 6.45) is 12.1. The maximum Gasteiger partial charge on any atom is 0.193 e. The summed E-state index contributed by atoms with van der Waals surface area (Å²) in [6.45, 7) is 31.6. The molecule has 11 heteroatoms. The van der Waals surface area contributed by atoms with Crippen LogP contribution in [-0.4, -0.2) is 101 Å². The van der Waals surface area contributed by atoms with E-state index in [9.17, 15) is 9.59 Å². The maximum atomic E-state index is 14.2. The molecular weight excluding hydrogens is 900 g/mol. The first-order valence-corrected chi connectivity index (χ1v) is 28.0. The second kappa shape index (κ2) is 22.6. The molecule has 17 atom stereocenters. The standard InChI is InChI=1S/C50H83IO9Si/c1-14-30(2)24-46-49(54-11)40(45(58-46)29-44-33(5)31(3)25-38(56-44)17-19-41-32(4)26-37(55-41)16-15-23-52)28-36(53)27-39-18-20-42-47(57-39)34(6)35(7)48(59-42)43(21-22-51)60-61(12,13)50(8,9)10/h21-23,30-31,34-35,37-49H,4-5,14-20,24-29H2,1-3,6-13H3/b22-21+/t30-,31-,34-,35+,37+,38+,39?,40+,41+,42?,43+,44-,45+,46-,47?,48-,49-/m1/s1. The van der Waals surface area contributed by atoms with Crippen molar-refractivity contribution in [3.63, 3.8) is 0 Å². The lowest BCUT2D eigenvalue weighted by Crippen LogP contribution is -2.58. The van der Waals surface area contributed by atoms with Gasteiger partial charge in [0, 0.05) is 38.7 Å². The van der Waals surface area contributed by atoms with Crippen molar-refractivity contribution in [2.45, 2.75) is 230 Å². The Bertz CT molecular complexity index is 1490. The highest BCUT2D eigenvalue weighted by molar-refractivity contribution is 14.1. The summed E-state index contributed by atoms with van der Waals surface area (Å²) in [4.78, 5) is 25.2. The molecule has 5 fully saturated rings. The quantitative estimate of drug-likeness (QED) is 0.0511. The Morgan fingerprint density at radius 3 is 2.31 bits per heavy atom. The first kappa shape index (κ1) is 51.2. The molecule has 3 unspecified atom stereocenters. The Morgan fingerprint density at radius 1 is 0.934 bits per heavy atom. The van der Waals surface area contributed by atoms with Crippen LogP contribution in [0.2, 0.25) is 18.1 Å². The zero-order chi connectivity index (χ0) is 44.8. The SMILES string of the molecule is C=C1C[C@H](CCC=O)O[C@H]1CC[C@H]1C[C@@H](C)C(=C)[C@@H](C[C@@H]2O[C@H](C[C@H](C)CC)[C@H](OC)[C@H]2CC(=O)CC2CCC3O[C@@H]([C@H](/C=C/I)O[Si](C)(C)C(C)(C)C)[C@@H](C)[C@@H](C)C3O2)O1. The zero-order valence-electron chi connectivity index (χ0n) is 39.7. The van der Waals surface area contributed by atoms with Crippen molar-refractivity contribution in [1.29, 1.82) is 0 Å². The van der Waals surface area contributed by atoms with E-state index in [1.807, 2.05) is 0 Å². The van der Waals surface area contributed by atoms with E-state index in [0.29, 0.717) is 37.5 Å². The minimum absolute atomic E-state index is 0.00644. The molecule has 5 aliphatic rings. The van der Waals surface area contributed by atoms with Gasteiger partial charge in [-0.1, -0.05) is 97.6 Å². The maximum absolute atomic E-state index is 14.2. The molecule has 5 heterocycles. The van der Waals surface area contributed by atoms with Crippen LogP contribution >= 0.6 is 22.6 Å². The molecule has 5 aliphatic heterocycles. The highest BCUT2D eigenvalue weighted by Gasteiger charge is 2.51. The highest BCUT2D eigenvalue weighted by Crippen LogP contribution is 2.45. The van der Waals surface area contributed by atoms with E-state index in [1.54, 1.807) is 7.11 Å². The number of hydrogen-bond acceptors (Lipinski definition) is 9. The minimum Gasteiger partial charge on any atom is -0.408 e. The molecular formula is C50H83IO9Si. The van der Waals surface area contributed by atoms with E-state index in [4.69, 9.17) is 32.8 Å². The monoisotopic (exact) mass is 982 g/mol. The summed E-state index contributed by atoms with van der Waals surface area (Å²) in [5.74, 6) is 1.38. The molecule has 0 aromatic heterocycles. The lowest BCUT2D eigenvalue weighted by atomic mass is 9.77. The highest BCUT2D eigenvalue weighted by atomic mass is 127. The number of fused-ring (bicyclic) bond motifs is 1. The molecule has 5 rings (SSSR count). The Balaban J connectivity index is 1.22. The molecule has 0 saturated carbocycles. The fraction of sp³-hybridized carbons (Fsp3) is 0.840. The van der Waals surface area contributed by atoms with Crippen molar-refractivity contribution in [2.24, 2.45) is 29.6 Å². The van der Waals surface area contributed by atoms with Crippen LogP contribution in [-0.2, 0) is 42.4 Å². The van der Waals surface area contributed by atoms with Gasteiger partial charge < -0.3 is 37.6 Å². The van der Waals surface area contributed by atoms with Crippen molar-refractivity contribution >= 4 is 43.0 Å². The van der Waals surface area contributed by atoms with Gasteiger partial charge in [-0.05, 0) is 114 Å². The Hall–Kier alpha value is -0.773. The first-order chi connectivity index (χ1) is 28.8. The number of rotatable bonds is 20. The summed E-state index contributed by atoms with van der Waals surface area (Å²) >= 11 is 2.30. The van der Waals surface area contributed by atoms with E-state index in [-0.39, 0.29) is 102 Å². The third kappa shape index (κ3) is 13.0. The third-order valence-electron chi connectivity index (χ3n) is 15.8. The molecule has 9 nitrogen and oxygen atoms in total. The van der Waals surface area contributed by atoms with Gasteiger partial charge in [-0.3, -0.25) is 4.79 Å². The van der Waals surface area contributed by atoms with E-state index in [1.165, 1.54) is 0 Å². The number of carbonyl (C=O) groups is 2. The zero-order valence-corrected chi connectivity index (χ0v) is 42.9. The van der Waals surface area contributed by atoms with Crippen molar-refractivity contribution in [2.75, 3.05) is 7.11 Å². The van der Waals surface area contributed by atoms with Gasteiger partial charge in [0.15, 0.2) is 8.32 Å². The average Bonchev–Trinajstić information content (AvgIpc) is 3.72. The van der Waals surface area contributed by atoms with Crippen molar-refractivity contribution in [3.8, 4) is 0 Å². The van der Waals surface area contributed by atoms with Gasteiger partial charge in [0.1, 0.15) is 12.1 Å². The van der Waals surface area contributed by atoms with Gasteiger partial charge in [-0.2, -0.15) is 0 Å². The van der Waals surface area contributed by atoms with Gasteiger partial charge >= 0.3 is 0 Å². The fourth-order valence-corrected chi connectivity index (χ4v) is 12.1. The van der Waals surface area contributed by atoms with E-state index < -0.39 is 8.32 Å². The third-order valence-corrected chi connectivity index (χ3v) is 20.7. The largest absolute Gasteiger partial charge is 0.408 e. The van der Waals surface area contributed by atoms with Crippen LogP contribution in [0, 0.1) is 29.6 Å². The van der Waals surface area contributed by atoms with Gasteiger partial charge in [0.2, 0.25) is 0 Å². The number of carbonyl (C=O) groups excluding carboxylic acids is 2. The van der Waals surface area contributed by atoms with Crippen molar-refractivity contribution < 1.29 is 42.4 Å². The second-order valence-electron chi connectivity index (χ2n) is 21.2. The van der Waals surface area contributed by atoms with Crippen molar-refractivity contribution in [3.05, 3.63) is 34.5 Å². The molecule has 0 aliphatic carbocycles. The number of Topliss-reactive ketones (excluding diaryl/α,β-unsaturated/α-hetero) is 1. The van der Waals surface area contributed by atoms with E-state index in [2.05, 4.69) is 114 Å². The molecule has 0 bridgehead atoms. The lowest BCUT2D eigenvalue weighted by Gasteiger charge is -2.51. The summed E-state index contributed by atoms with van der Waals surface area (Å²) in [6, 6.07) is 0. The number of hydrogen-bond donors (Lipinski definition) is 0. The molecule has 0 aromatic carbocycles. The molecule has 0 radical (unpaired) electrons. The van der Waals surface area contributed by atoms with E-state index in [0.717, 1.165) is 75.2 Å². The number of aldehydes is 1. The molecule has 0 amide bonds. The Kier molecular flexibility index (Phi) is 19.0. The topological polar surface area (TPSA) is 98.8 Å². The summed E-state index contributed by atoms with van der Waals surface area (Å²) < 4.78 is 49.2.